The van der Waals surface area contributed by atoms with Gasteiger partial charge in [0.05, 0.1) is 30.9 Å². The summed E-state index contributed by atoms with van der Waals surface area (Å²) in [5.74, 6) is 1.99. The van der Waals surface area contributed by atoms with Gasteiger partial charge < -0.3 is 20.1 Å². The molecule has 0 radical (unpaired) electrons. The van der Waals surface area contributed by atoms with E-state index < -0.39 is 9.84 Å². The third-order valence-electron chi connectivity index (χ3n) is 4.93. The van der Waals surface area contributed by atoms with Crippen LogP contribution in [0.4, 0.5) is 0 Å². The third kappa shape index (κ3) is 7.84. The number of hydrogen-bond donors (Lipinski definition) is 2. The van der Waals surface area contributed by atoms with Crippen LogP contribution in [0.1, 0.15) is 38.8 Å². The van der Waals surface area contributed by atoms with Crippen molar-refractivity contribution in [1.82, 2.24) is 10.6 Å². The lowest BCUT2D eigenvalue weighted by Gasteiger charge is -2.24. The van der Waals surface area contributed by atoms with Crippen molar-refractivity contribution < 1.29 is 17.9 Å². The van der Waals surface area contributed by atoms with Crippen LogP contribution in [0.15, 0.2) is 58.4 Å². The van der Waals surface area contributed by atoms with Gasteiger partial charge in [0.25, 0.3) is 0 Å². The molecule has 32 heavy (non-hydrogen) atoms. The van der Waals surface area contributed by atoms with Crippen LogP contribution < -0.4 is 20.1 Å². The second kappa shape index (κ2) is 13.5. The van der Waals surface area contributed by atoms with Crippen molar-refractivity contribution in [3.05, 3.63) is 54.1 Å². The van der Waals surface area contributed by atoms with Crippen molar-refractivity contribution in [2.75, 3.05) is 26.5 Å². The smallest absolute Gasteiger partial charge is 0.191 e. The minimum Gasteiger partial charge on any atom is -0.497 e. The number of hydrogen-bond acceptors (Lipinski definition) is 5. The van der Waals surface area contributed by atoms with Gasteiger partial charge >= 0.3 is 0 Å². The predicted octanol–water partition coefficient (Wildman–Crippen LogP) is 4.19. The molecule has 0 amide bonds. The average Bonchev–Trinajstić information content (AvgIpc) is 2.78. The minimum atomic E-state index is -3.41. The Bertz CT molecular complexity index is 968. The molecule has 9 heteroatoms. The Morgan fingerprint density at radius 3 is 2.28 bits per heavy atom. The molecule has 0 bridgehead atoms. The molecule has 2 rings (SSSR count). The Morgan fingerprint density at radius 1 is 1.03 bits per heavy atom. The zero-order valence-electron chi connectivity index (χ0n) is 19.3. The average molecular weight is 576 g/mol. The first-order valence-electron chi connectivity index (χ1n) is 10.4. The quantitative estimate of drug-likeness (QED) is 0.251. The lowest BCUT2D eigenvalue weighted by atomic mass is 10.1. The van der Waals surface area contributed by atoms with Crippen molar-refractivity contribution in [3.8, 4) is 11.5 Å². The zero-order chi connectivity index (χ0) is 22.9. The molecule has 0 saturated heterocycles. The predicted molar refractivity (Wildman–Crippen MR) is 140 cm³/mol. The molecule has 0 fully saturated rings. The fourth-order valence-electron chi connectivity index (χ4n) is 3.20. The van der Waals surface area contributed by atoms with Gasteiger partial charge in [0, 0.05) is 18.2 Å². The second-order valence-electron chi connectivity index (χ2n) is 7.14. The van der Waals surface area contributed by atoms with Crippen LogP contribution in [0.5, 0.6) is 11.5 Å². The molecule has 7 nitrogen and oxygen atoms in total. The van der Waals surface area contributed by atoms with Crippen molar-refractivity contribution in [2.24, 2.45) is 4.99 Å². The molecular formula is C23H34IN3O4S. The number of aliphatic imine (C=N–C) groups is 1. The molecule has 2 unspecified atom stereocenters. The summed E-state index contributed by atoms with van der Waals surface area (Å²) in [7, 11) is -0.171. The van der Waals surface area contributed by atoms with Gasteiger partial charge in [0.1, 0.15) is 11.5 Å². The number of halogens is 1. The molecule has 2 aromatic rings. The highest BCUT2D eigenvalue weighted by Crippen LogP contribution is 2.29. The molecule has 0 saturated carbocycles. The van der Waals surface area contributed by atoms with E-state index in [2.05, 4.69) is 15.6 Å². The summed E-state index contributed by atoms with van der Waals surface area (Å²) in [5, 5.41) is 6.64. The maximum atomic E-state index is 12.8. The highest BCUT2D eigenvalue weighted by molar-refractivity contribution is 14.0. The van der Waals surface area contributed by atoms with Crippen LogP contribution in [0.3, 0.4) is 0 Å². The normalized spacial score (nSPS) is 13.5. The van der Waals surface area contributed by atoms with E-state index in [4.69, 9.17) is 9.47 Å². The summed E-state index contributed by atoms with van der Waals surface area (Å²) < 4.78 is 36.4. The number of ether oxygens (including phenoxy) is 2. The van der Waals surface area contributed by atoms with Crippen LogP contribution in [-0.4, -0.2) is 46.9 Å². The summed E-state index contributed by atoms with van der Waals surface area (Å²) in [6, 6.07) is 13.7. The van der Waals surface area contributed by atoms with E-state index in [1.54, 1.807) is 44.6 Å². The van der Waals surface area contributed by atoms with Gasteiger partial charge in [-0.1, -0.05) is 25.1 Å². The molecule has 178 valence electrons. The summed E-state index contributed by atoms with van der Waals surface area (Å²) in [6.07, 6.45) is 0.632. The van der Waals surface area contributed by atoms with Gasteiger partial charge in [0.2, 0.25) is 0 Å². The highest BCUT2D eigenvalue weighted by Gasteiger charge is 2.22. The fourth-order valence-corrected chi connectivity index (χ4v) is 4.81. The van der Waals surface area contributed by atoms with E-state index in [1.807, 2.05) is 39.0 Å². The number of benzene rings is 2. The van der Waals surface area contributed by atoms with Gasteiger partial charge in [-0.3, -0.25) is 4.99 Å². The van der Waals surface area contributed by atoms with E-state index in [0.717, 1.165) is 17.1 Å². The van der Waals surface area contributed by atoms with Gasteiger partial charge in [-0.05, 0) is 50.6 Å². The summed E-state index contributed by atoms with van der Waals surface area (Å²) >= 11 is 0. The first-order valence-corrected chi connectivity index (χ1v) is 12.1. The SMILES string of the molecule is CCN=C(NC(CC)CS(=O)(=O)c1ccccc1)NC(C)c1cc(OC)ccc1OC.I. The van der Waals surface area contributed by atoms with Crippen LogP contribution in [0, 0.1) is 0 Å². The number of rotatable bonds is 10. The summed E-state index contributed by atoms with van der Waals surface area (Å²) in [5.41, 5.74) is 0.914. The van der Waals surface area contributed by atoms with E-state index in [-0.39, 0.29) is 41.8 Å². The highest BCUT2D eigenvalue weighted by atomic mass is 127. The van der Waals surface area contributed by atoms with Crippen molar-refractivity contribution >= 4 is 39.8 Å². The summed E-state index contributed by atoms with van der Waals surface area (Å²) in [4.78, 5) is 4.83. The van der Waals surface area contributed by atoms with E-state index in [1.165, 1.54) is 0 Å². The molecule has 2 aromatic carbocycles. The first kappa shape index (κ1) is 28.0. The monoisotopic (exact) mass is 575 g/mol. The van der Waals surface area contributed by atoms with Gasteiger partial charge in [-0.2, -0.15) is 0 Å². The Hall–Kier alpha value is -2.01. The second-order valence-corrected chi connectivity index (χ2v) is 9.18. The topological polar surface area (TPSA) is 89.0 Å². The fraction of sp³-hybridized carbons (Fsp3) is 0.435. The molecule has 0 aliphatic carbocycles. The lowest BCUT2D eigenvalue weighted by molar-refractivity contribution is 0.394. The molecule has 0 spiro atoms. The molecule has 2 atom stereocenters. The Morgan fingerprint density at radius 2 is 1.72 bits per heavy atom. The van der Waals surface area contributed by atoms with Crippen LogP contribution in [0.25, 0.3) is 0 Å². The molecule has 0 heterocycles. The van der Waals surface area contributed by atoms with E-state index >= 15 is 0 Å². The van der Waals surface area contributed by atoms with E-state index in [0.29, 0.717) is 23.8 Å². The molecule has 0 aliphatic rings. The molecule has 2 N–H and O–H groups in total. The number of sulfone groups is 1. The van der Waals surface area contributed by atoms with Crippen LogP contribution >= 0.6 is 24.0 Å². The van der Waals surface area contributed by atoms with Crippen molar-refractivity contribution in [3.63, 3.8) is 0 Å². The Kier molecular flexibility index (Phi) is 11.8. The zero-order valence-corrected chi connectivity index (χ0v) is 22.4. The summed E-state index contributed by atoms with van der Waals surface area (Å²) in [6.45, 7) is 6.43. The Balaban J connectivity index is 0.00000512. The minimum absolute atomic E-state index is 0. The number of nitrogens with zero attached hydrogens (tertiary/aromatic N) is 1. The maximum absolute atomic E-state index is 12.8. The van der Waals surface area contributed by atoms with Gasteiger partial charge in [-0.15, -0.1) is 24.0 Å². The first-order chi connectivity index (χ1) is 14.8. The van der Waals surface area contributed by atoms with Crippen molar-refractivity contribution in [2.45, 2.75) is 44.2 Å². The van der Waals surface area contributed by atoms with Crippen LogP contribution in [0.2, 0.25) is 0 Å². The molecule has 0 aliphatic heterocycles. The number of guanidine groups is 1. The number of nitrogens with one attached hydrogen (secondary N) is 2. The lowest BCUT2D eigenvalue weighted by Crippen LogP contribution is -2.46. The molecular weight excluding hydrogens is 541 g/mol. The molecule has 0 aromatic heterocycles. The van der Waals surface area contributed by atoms with Crippen LogP contribution in [-0.2, 0) is 9.84 Å². The van der Waals surface area contributed by atoms with E-state index in [9.17, 15) is 8.42 Å². The Labute approximate surface area is 208 Å². The van der Waals surface area contributed by atoms with Crippen molar-refractivity contribution in [1.29, 1.82) is 0 Å². The maximum Gasteiger partial charge on any atom is 0.191 e. The van der Waals surface area contributed by atoms with Gasteiger partial charge in [0.15, 0.2) is 15.8 Å². The standard InChI is InChI=1S/C23H33N3O4S.HI/c1-6-18(16-31(27,28)20-11-9-8-10-12-20)26-23(24-7-2)25-17(3)21-15-19(29-4)13-14-22(21)30-5;/h8-15,17-18H,6-7,16H2,1-5H3,(H2,24,25,26);1H. The largest absolute Gasteiger partial charge is 0.497 e. The van der Waals surface area contributed by atoms with Gasteiger partial charge in [-0.25, -0.2) is 8.42 Å². The third-order valence-corrected chi connectivity index (χ3v) is 6.76. The number of methoxy groups -OCH3 is 2.